The Kier molecular flexibility index (Phi) is 4.00. The maximum absolute atomic E-state index is 11.6. The molecule has 2 rings (SSSR count). The highest BCUT2D eigenvalue weighted by Crippen LogP contribution is 2.18. The molecule has 0 N–H and O–H groups in total. The second-order valence-corrected chi connectivity index (χ2v) is 4.45. The smallest absolute Gasteiger partial charge is 0.220 e. The van der Waals surface area contributed by atoms with E-state index < -0.39 is 0 Å². The first-order valence-electron chi connectivity index (χ1n) is 5.66. The Morgan fingerprint density at radius 3 is 2.89 bits per heavy atom. The van der Waals surface area contributed by atoms with Crippen molar-refractivity contribution in [1.29, 1.82) is 0 Å². The van der Waals surface area contributed by atoms with Crippen LogP contribution in [-0.2, 0) is 6.42 Å². The highest BCUT2D eigenvalue weighted by molar-refractivity contribution is 6.31. The number of carbonyl (C=O) groups excluding carboxylic acids is 1. The largest absolute Gasteiger partial charge is 0.461 e. The number of hydrogen-bond acceptors (Lipinski definition) is 2. The van der Waals surface area contributed by atoms with E-state index in [1.54, 1.807) is 18.2 Å². The van der Waals surface area contributed by atoms with Crippen molar-refractivity contribution >= 4 is 17.4 Å². The summed E-state index contributed by atoms with van der Waals surface area (Å²) in [4.78, 5) is 11.6. The number of allylic oxidation sites excluding steroid dienone is 2. The van der Waals surface area contributed by atoms with Crippen molar-refractivity contribution in [2.45, 2.75) is 13.3 Å². The topological polar surface area (TPSA) is 30.2 Å². The van der Waals surface area contributed by atoms with E-state index in [0.29, 0.717) is 12.2 Å². The van der Waals surface area contributed by atoms with Crippen LogP contribution >= 0.6 is 11.6 Å². The van der Waals surface area contributed by atoms with Gasteiger partial charge in [0.25, 0.3) is 0 Å². The summed E-state index contributed by atoms with van der Waals surface area (Å²) in [5, 5.41) is 0.727. The molecule has 0 bridgehead atoms. The normalized spacial score (nSPS) is 11.0. The first-order valence-corrected chi connectivity index (χ1v) is 6.04. The van der Waals surface area contributed by atoms with Gasteiger partial charge in [0.2, 0.25) is 5.78 Å². The van der Waals surface area contributed by atoms with Crippen LogP contribution in [0.5, 0.6) is 0 Å². The standard InChI is InChI=1S/C15H13ClO2/c1-11-7-8-12(13(16)10-11)4-2-5-14(17)15-6-3-9-18-15/h2-3,5-10H,4H2,1H3/b5-2+. The lowest BCUT2D eigenvalue weighted by Crippen LogP contribution is -1.91. The van der Waals surface area contributed by atoms with Crippen molar-refractivity contribution in [3.05, 3.63) is 70.7 Å². The lowest BCUT2D eigenvalue weighted by molar-refractivity contribution is 0.102. The lowest BCUT2D eigenvalue weighted by Gasteiger charge is -2.01. The van der Waals surface area contributed by atoms with Gasteiger partial charge in [-0.2, -0.15) is 0 Å². The quantitative estimate of drug-likeness (QED) is 0.608. The van der Waals surface area contributed by atoms with Crippen LogP contribution in [0.3, 0.4) is 0 Å². The Morgan fingerprint density at radius 1 is 1.39 bits per heavy atom. The summed E-state index contributed by atoms with van der Waals surface area (Å²) in [7, 11) is 0. The average Bonchev–Trinajstić information content (AvgIpc) is 2.85. The van der Waals surface area contributed by atoms with E-state index in [2.05, 4.69) is 0 Å². The van der Waals surface area contributed by atoms with Crippen molar-refractivity contribution in [2.75, 3.05) is 0 Å². The van der Waals surface area contributed by atoms with Crippen molar-refractivity contribution in [3.63, 3.8) is 0 Å². The Balaban J connectivity index is 2.01. The molecule has 0 radical (unpaired) electrons. The Bertz CT molecular complexity index is 568. The number of furan rings is 1. The Hall–Kier alpha value is -1.80. The summed E-state index contributed by atoms with van der Waals surface area (Å²) in [5.74, 6) is 0.212. The van der Waals surface area contributed by atoms with Crippen molar-refractivity contribution in [3.8, 4) is 0 Å². The first kappa shape index (κ1) is 12.7. The number of rotatable bonds is 4. The fourth-order valence-electron chi connectivity index (χ4n) is 1.61. The molecular formula is C15H13ClO2. The summed E-state index contributed by atoms with van der Waals surface area (Å²) in [6.07, 6.45) is 5.42. The van der Waals surface area contributed by atoms with Gasteiger partial charge >= 0.3 is 0 Å². The fraction of sp³-hybridized carbons (Fsp3) is 0.133. The molecule has 1 aromatic heterocycles. The van der Waals surface area contributed by atoms with Gasteiger partial charge in [-0.3, -0.25) is 4.79 Å². The Morgan fingerprint density at radius 2 is 2.22 bits per heavy atom. The van der Waals surface area contributed by atoms with Crippen molar-refractivity contribution < 1.29 is 9.21 Å². The minimum absolute atomic E-state index is 0.136. The van der Waals surface area contributed by atoms with E-state index in [1.807, 2.05) is 25.1 Å². The molecule has 1 aromatic carbocycles. The predicted molar refractivity (Wildman–Crippen MR) is 72.1 cm³/mol. The van der Waals surface area contributed by atoms with Crippen LogP contribution in [0.2, 0.25) is 5.02 Å². The molecular weight excluding hydrogens is 248 g/mol. The molecule has 0 aliphatic heterocycles. The number of benzene rings is 1. The second kappa shape index (κ2) is 5.69. The van der Waals surface area contributed by atoms with Gasteiger partial charge in [-0.25, -0.2) is 0 Å². The third-order valence-electron chi connectivity index (χ3n) is 2.58. The van der Waals surface area contributed by atoms with Gasteiger partial charge in [0.15, 0.2) is 5.76 Å². The molecule has 0 unspecified atom stereocenters. The Labute approximate surface area is 111 Å². The van der Waals surface area contributed by atoms with E-state index in [-0.39, 0.29) is 5.78 Å². The van der Waals surface area contributed by atoms with E-state index >= 15 is 0 Å². The molecule has 3 heteroatoms. The molecule has 2 nitrogen and oxygen atoms in total. The number of halogens is 1. The molecule has 92 valence electrons. The van der Waals surface area contributed by atoms with Crippen LogP contribution in [0.15, 0.2) is 53.2 Å². The van der Waals surface area contributed by atoms with Gasteiger partial charge in [0.05, 0.1) is 6.26 Å². The molecule has 2 aromatic rings. The molecule has 1 heterocycles. The molecule has 0 spiro atoms. The van der Waals surface area contributed by atoms with Gasteiger partial charge in [-0.1, -0.05) is 29.8 Å². The summed E-state index contributed by atoms with van der Waals surface area (Å²) in [6.45, 7) is 1.99. The van der Waals surface area contributed by atoms with Gasteiger partial charge in [0, 0.05) is 5.02 Å². The zero-order chi connectivity index (χ0) is 13.0. The summed E-state index contributed by atoms with van der Waals surface area (Å²) >= 11 is 6.11. The van der Waals surface area contributed by atoms with Crippen LogP contribution in [0.25, 0.3) is 0 Å². The first-order chi connectivity index (χ1) is 8.66. The lowest BCUT2D eigenvalue weighted by atomic mass is 10.1. The minimum atomic E-state index is -0.136. The second-order valence-electron chi connectivity index (χ2n) is 4.04. The zero-order valence-electron chi connectivity index (χ0n) is 10.0. The summed E-state index contributed by atoms with van der Waals surface area (Å²) < 4.78 is 5.01. The third kappa shape index (κ3) is 3.11. The van der Waals surface area contributed by atoms with Crippen molar-refractivity contribution in [1.82, 2.24) is 0 Å². The maximum Gasteiger partial charge on any atom is 0.220 e. The monoisotopic (exact) mass is 260 g/mol. The number of aryl methyl sites for hydroxylation is 1. The average molecular weight is 261 g/mol. The molecule has 0 saturated heterocycles. The molecule has 18 heavy (non-hydrogen) atoms. The van der Waals surface area contributed by atoms with Crippen LogP contribution in [0.4, 0.5) is 0 Å². The molecule has 0 aliphatic rings. The van der Waals surface area contributed by atoms with Gasteiger partial charge in [-0.05, 0) is 48.7 Å². The van der Waals surface area contributed by atoms with E-state index in [4.69, 9.17) is 16.0 Å². The molecule has 0 amide bonds. The zero-order valence-corrected chi connectivity index (χ0v) is 10.8. The molecule has 0 saturated carbocycles. The SMILES string of the molecule is Cc1ccc(C/C=C/C(=O)c2ccco2)c(Cl)c1. The van der Waals surface area contributed by atoms with Crippen LogP contribution < -0.4 is 0 Å². The summed E-state index contributed by atoms with van der Waals surface area (Å²) in [6, 6.07) is 9.23. The molecule has 0 aliphatic carbocycles. The highest BCUT2D eigenvalue weighted by Gasteiger charge is 2.03. The van der Waals surface area contributed by atoms with E-state index in [1.165, 1.54) is 12.3 Å². The maximum atomic E-state index is 11.6. The number of hydrogen-bond donors (Lipinski definition) is 0. The third-order valence-corrected chi connectivity index (χ3v) is 2.93. The minimum Gasteiger partial charge on any atom is -0.461 e. The van der Waals surface area contributed by atoms with E-state index in [9.17, 15) is 4.79 Å². The van der Waals surface area contributed by atoms with Crippen LogP contribution in [-0.4, -0.2) is 5.78 Å². The van der Waals surface area contributed by atoms with Gasteiger partial charge in [0.1, 0.15) is 0 Å². The van der Waals surface area contributed by atoms with Gasteiger partial charge in [-0.15, -0.1) is 0 Å². The predicted octanol–water partition coefficient (Wildman–Crippen LogP) is 4.22. The number of carbonyl (C=O) groups is 1. The number of ketones is 1. The van der Waals surface area contributed by atoms with E-state index in [0.717, 1.165) is 16.1 Å². The highest BCUT2D eigenvalue weighted by atomic mass is 35.5. The fourth-order valence-corrected chi connectivity index (χ4v) is 1.92. The van der Waals surface area contributed by atoms with Crippen LogP contribution in [0, 0.1) is 6.92 Å². The summed E-state index contributed by atoms with van der Waals surface area (Å²) in [5.41, 5.74) is 2.13. The van der Waals surface area contributed by atoms with Crippen molar-refractivity contribution in [2.24, 2.45) is 0 Å². The molecule has 0 fully saturated rings. The van der Waals surface area contributed by atoms with Gasteiger partial charge < -0.3 is 4.42 Å². The van der Waals surface area contributed by atoms with Crippen LogP contribution in [0.1, 0.15) is 21.7 Å². The molecule has 0 atom stereocenters.